The lowest BCUT2D eigenvalue weighted by Gasteiger charge is -2.29. The van der Waals surface area contributed by atoms with Gasteiger partial charge in [-0.2, -0.15) is 0 Å². The van der Waals surface area contributed by atoms with Crippen LogP contribution in [0.15, 0.2) is 17.3 Å². The summed E-state index contributed by atoms with van der Waals surface area (Å²) in [5.74, 6) is -0.781. The van der Waals surface area contributed by atoms with Gasteiger partial charge in [-0.3, -0.25) is 14.5 Å². The number of imide groups is 1. The molecule has 1 rings (SSSR count). The molecule has 0 aromatic heterocycles. The van der Waals surface area contributed by atoms with Crippen molar-refractivity contribution in [2.45, 2.75) is 51.7 Å². The summed E-state index contributed by atoms with van der Waals surface area (Å²) >= 11 is 0. The van der Waals surface area contributed by atoms with Gasteiger partial charge in [0.25, 0.3) is 11.8 Å². The van der Waals surface area contributed by atoms with Gasteiger partial charge in [-0.15, -0.1) is 0 Å². The molecule has 0 radical (unpaired) electrons. The molecule has 0 saturated heterocycles. The number of alkyl carbamates (subject to hydrolysis) is 1. The van der Waals surface area contributed by atoms with Gasteiger partial charge in [-0.25, -0.2) is 4.79 Å². The Morgan fingerprint density at radius 1 is 1.07 bits per heavy atom. The number of hydrogen-bond donors (Lipinski definition) is 1. The Kier molecular flexibility index (Phi) is 10.3. The van der Waals surface area contributed by atoms with Crippen molar-refractivity contribution in [3.05, 3.63) is 22.6 Å². The highest BCUT2D eigenvalue weighted by Gasteiger charge is 2.24. The van der Waals surface area contributed by atoms with Crippen molar-refractivity contribution >= 4 is 17.9 Å². The van der Waals surface area contributed by atoms with Gasteiger partial charge < -0.3 is 19.5 Å². The molecule has 1 heterocycles. The van der Waals surface area contributed by atoms with Gasteiger partial charge >= 0.3 is 6.09 Å². The molecule has 0 atom stereocenters. The number of carbonyl (C=O) groups is 3. The molecule has 0 aliphatic carbocycles. The lowest BCUT2D eigenvalue weighted by atomic mass is 10.0. The van der Waals surface area contributed by atoms with Gasteiger partial charge in [0.15, 0.2) is 0 Å². The van der Waals surface area contributed by atoms with Gasteiger partial charge in [0, 0.05) is 43.1 Å². The lowest BCUT2D eigenvalue weighted by Crippen LogP contribution is -2.38. The number of rotatable bonds is 14. The van der Waals surface area contributed by atoms with Gasteiger partial charge in [0.1, 0.15) is 0 Å². The van der Waals surface area contributed by atoms with Crippen LogP contribution in [-0.4, -0.2) is 73.5 Å². The van der Waals surface area contributed by atoms with E-state index in [2.05, 4.69) is 15.3 Å². The van der Waals surface area contributed by atoms with Crippen LogP contribution in [0.25, 0.3) is 10.4 Å². The summed E-state index contributed by atoms with van der Waals surface area (Å²) in [6.45, 7) is 9.14. The molecule has 11 heteroatoms. The zero-order valence-electron chi connectivity index (χ0n) is 18.0. The third-order valence-electron chi connectivity index (χ3n) is 4.39. The minimum atomic E-state index is -0.618. The van der Waals surface area contributed by atoms with Crippen LogP contribution in [0.1, 0.15) is 40.5 Å². The molecule has 0 bridgehead atoms. The lowest BCUT2D eigenvalue weighted by molar-refractivity contribution is -0.136. The Balaban J connectivity index is 2.16. The molecule has 1 aliphatic rings. The van der Waals surface area contributed by atoms with E-state index < -0.39 is 29.1 Å². The maximum atomic E-state index is 11.7. The monoisotopic (exact) mass is 425 g/mol. The number of ether oxygens (including phenoxy) is 3. The predicted octanol–water partition coefficient (Wildman–Crippen LogP) is 2.32. The first-order chi connectivity index (χ1) is 14.1. The largest absolute Gasteiger partial charge is 0.449 e. The second kappa shape index (κ2) is 12.2. The number of nitrogens with one attached hydrogen (secondary N) is 1. The molecule has 0 aromatic rings. The van der Waals surface area contributed by atoms with Crippen LogP contribution in [0.4, 0.5) is 4.79 Å². The fourth-order valence-corrected chi connectivity index (χ4v) is 2.49. The van der Waals surface area contributed by atoms with Crippen molar-refractivity contribution in [1.29, 1.82) is 0 Å². The topological polar surface area (TPSA) is 143 Å². The predicted molar refractivity (Wildman–Crippen MR) is 109 cm³/mol. The van der Waals surface area contributed by atoms with Gasteiger partial charge in [-0.05, 0) is 39.6 Å². The summed E-state index contributed by atoms with van der Waals surface area (Å²) in [7, 11) is 0. The van der Waals surface area contributed by atoms with Crippen LogP contribution in [0.5, 0.6) is 0 Å². The molecule has 1 N–H and O–H groups in total. The standard InChI is InChI=1S/C19H31N5O6/c1-18(2,29-13-8-19(3,4)30-14-10-22-23-20)7-12-28-17(27)21-9-11-24-15(25)5-6-16(24)26/h5-6H,7-14H2,1-4H3,(H,21,27). The average molecular weight is 425 g/mol. The minimum Gasteiger partial charge on any atom is -0.449 e. The number of azide groups is 1. The van der Waals surface area contributed by atoms with Crippen LogP contribution in [0.3, 0.4) is 0 Å². The zero-order valence-corrected chi connectivity index (χ0v) is 18.0. The first-order valence-electron chi connectivity index (χ1n) is 9.79. The molecule has 0 fully saturated rings. The Morgan fingerprint density at radius 2 is 1.63 bits per heavy atom. The van der Waals surface area contributed by atoms with E-state index in [0.29, 0.717) is 26.1 Å². The summed E-state index contributed by atoms with van der Waals surface area (Å²) < 4.78 is 16.7. The quantitative estimate of drug-likeness (QED) is 0.149. The fourth-order valence-electron chi connectivity index (χ4n) is 2.49. The molecule has 11 nitrogen and oxygen atoms in total. The van der Waals surface area contributed by atoms with Crippen LogP contribution < -0.4 is 5.32 Å². The van der Waals surface area contributed by atoms with Crippen molar-refractivity contribution in [2.75, 3.05) is 39.5 Å². The van der Waals surface area contributed by atoms with Gasteiger partial charge in [0.05, 0.1) is 31.0 Å². The van der Waals surface area contributed by atoms with Crippen molar-refractivity contribution in [2.24, 2.45) is 5.11 Å². The van der Waals surface area contributed by atoms with Crippen LogP contribution in [0.2, 0.25) is 0 Å². The summed E-state index contributed by atoms with van der Waals surface area (Å²) in [5.41, 5.74) is 7.35. The summed E-state index contributed by atoms with van der Waals surface area (Å²) in [4.78, 5) is 38.3. The van der Waals surface area contributed by atoms with E-state index in [1.165, 1.54) is 12.2 Å². The average Bonchev–Trinajstić information content (AvgIpc) is 2.97. The second-order valence-electron chi connectivity index (χ2n) is 7.89. The Morgan fingerprint density at radius 3 is 2.23 bits per heavy atom. The van der Waals surface area contributed by atoms with Crippen LogP contribution >= 0.6 is 0 Å². The maximum Gasteiger partial charge on any atom is 0.407 e. The Labute approximate surface area is 176 Å². The molecule has 0 aromatic carbocycles. The molecule has 30 heavy (non-hydrogen) atoms. The molecule has 3 amide bonds. The maximum absolute atomic E-state index is 11.7. The molecule has 0 unspecified atom stereocenters. The van der Waals surface area contributed by atoms with Gasteiger partial charge in [0.2, 0.25) is 0 Å². The van der Waals surface area contributed by atoms with Crippen molar-refractivity contribution < 1.29 is 28.6 Å². The smallest absolute Gasteiger partial charge is 0.407 e. The Bertz CT molecular complexity index is 667. The van der Waals surface area contributed by atoms with E-state index >= 15 is 0 Å². The fraction of sp³-hybridized carbons (Fsp3) is 0.737. The highest BCUT2D eigenvalue weighted by atomic mass is 16.6. The number of hydrogen-bond acceptors (Lipinski definition) is 7. The zero-order chi connectivity index (χ0) is 22.6. The molecule has 0 spiro atoms. The van der Waals surface area contributed by atoms with Gasteiger partial charge in [-0.1, -0.05) is 5.11 Å². The van der Waals surface area contributed by atoms with Crippen molar-refractivity contribution in [3.8, 4) is 0 Å². The Hall–Kier alpha value is -2.62. The second-order valence-corrected chi connectivity index (χ2v) is 7.89. The van der Waals surface area contributed by atoms with E-state index in [-0.39, 0.29) is 26.2 Å². The SMILES string of the molecule is CC(C)(CCOC(=O)NCCN1C(=O)C=CC1=O)OCCC(C)(C)OCCN=[N+]=[N-]. The molecule has 1 aliphatic heterocycles. The van der Waals surface area contributed by atoms with E-state index in [4.69, 9.17) is 19.7 Å². The van der Waals surface area contributed by atoms with E-state index in [9.17, 15) is 14.4 Å². The molecule has 168 valence electrons. The molecule has 0 saturated carbocycles. The highest BCUT2D eigenvalue weighted by molar-refractivity contribution is 6.12. The van der Waals surface area contributed by atoms with Crippen molar-refractivity contribution in [3.63, 3.8) is 0 Å². The highest BCUT2D eigenvalue weighted by Crippen LogP contribution is 2.19. The minimum absolute atomic E-state index is 0.0924. The molecular formula is C19H31N5O6. The summed E-state index contributed by atoms with van der Waals surface area (Å²) in [6.07, 6.45) is 2.91. The summed E-state index contributed by atoms with van der Waals surface area (Å²) in [5, 5.41) is 5.94. The van der Waals surface area contributed by atoms with E-state index in [1.54, 1.807) is 0 Å². The number of carbonyl (C=O) groups excluding carboxylic acids is 3. The number of amides is 3. The third kappa shape index (κ3) is 10.2. The van der Waals surface area contributed by atoms with Crippen LogP contribution in [-0.2, 0) is 23.8 Å². The normalized spacial score (nSPS) is 14.1. The van der Waals surface area contributed by atoms with E-state index in [1.807, 2.05) is 27.7 Å². The summed E-state index contributed by atoms with van der Waals surface area (Å²) in [6, 6.07) is 0. The van der Waals surface area contributed by atoms with Crippen LogP contribution in [0, 0.1) is 0 Å². The molecular weight excluding hydrogens is 394 g/mol. The third-order valence-corrected chi connectivity index (χ3v) is 4.39. The van der Waals surface area contributed by atoms with E-state index in [0.717, 1.165) is 4.90 Å². The number of nitrogens with zero attached hydrogens (tertiary/aromatic N) is 4. The van der Waals surface area contributed by atoms with Crippen molar-refractivity contribution in [1.82, 2.24) is 10.2 Å². The first-order valence-corrected chi connectivity index (χ1v) is 9.79. The first kappa shape index (κ1) is 25.4.